The van der Waals surface area contributed by atoms with E-state index in [1.807, 2.05) is 18.2 Å². The fraction of sp³-hybridized carbons (Fsp3) is 0.444. The van der Waals surface area contributed by atoms with Crippen LogP contribution >= 0.6 is 11.6 Å². The van der Waals surface area contributed by atoms with Crippen LogP contribution in [0.3, 0.4) is 0 Å². The Hall–Kier alpha value is -2.41. The van der Waals surface area contributed by atoms with E-state index >= 15 is 0 Å². The number of likely N-dealkylation sites (tertiary alicyclic amines) is 1. The standard InChI is InChI=1S/C18H21ClN4O3/c1-12-17(20-21-23(12)15-7-3-2-6-14(15)19)18(26)22-10-4-5-13(11-22)8-9-16(24)25/h2-3,6-7,13H,4-5,8-11H2,1H3,(H,24,25). The molecule has 1 aliphatic rings. The van der Waals surface area contributed by atoms with E-state index in [-0.39, 0.29) is 18.2 Å². The minimum absolute atomic E-state index is 0.133. The lowest BCUT2D eigenvalue weighted by atomic mass is 9.93. The number of aromatic nitrogens is 3. The second kappa shape index (κ2) is 7.86. The molecule has 0 aliphatic carbocycles. The first-order chi connectivity index (χ1) is 12.5. The molecule has 1 fully saturated rings. The van der Waals surface area contributed by atoms with Gasteiger partial charge in [0.2, 0.25) is 0 Å². The number of para-hydroxylation sites is 1. The molecule has 3 rings (SSSR count). The van der Waals surface area contributed by atoms with E-state index < -0.39 is 5.97 Å². The molecule has 0 spiro atoms. The Bertz CT molecular complexity index is 821. The Kier molecular flexibility index (Phi) is 5.56. The molecule has 0 saturated carbocycles. The van der Waals surface area contributed by atoms with Gasteiger partial charge < -0.3 is 10.0 Å². The SMILES string of the molecule is Cc1c(C(=O)N2CCCC(CCC(=O)O)C2)nnn1-c1ccccc1Cl. The predicted octanol–water partition coefficient (Wildman–Crippen LogP) is 2.95. The van der Waals surface area contributed by atoms with Crippen molar-refractivity contribution in [1.29, 1.82) is 0 Å². The van der Waals surface area contributed by atoms with Crippen molar-refractivity contribution in [2.45, 2.75) is 32.6 Å². The fourth-order valence-electron chi connectivity index (χ4n) is 3.34. The summed E-state index contributed by atoms with van der Waals surface area (Å²) in [5.41, 5.74) is 1.62. The van der Waals surface area contributed by atoms with Crippen molar-refractivity contribution < 1.29 is 14.7 Å². The predicted molar refractivity (Wildman–Crippen MR) is 96.6 cm³/mol. The van der Waals surface area contributed by atoms with Crippen molar-refractivity contribution in [3.8, 4) is 5.69 Å². The molecule has 7 nitrogen and oxygen atoms in total. The third kappa shape index (κ3) is 3.88. The van der Waals surface area contributed by atoms with E-state index in [1.54, 1.807) is 22.6 Å². The lowest BCUT2D eigenvalue weighted by Gasteiger charge is -2.32. The van der Waals surface area contributed by atoms with E-state index in [0.717, 1.165) is 12.8 Å². The van der Waals surface area contributed by atoms with Crippen LogP contribution in [-0.2, 0) is 4.79 Å². The summed E-state index contributed by atoms with van der Waals surface area (Å²) in [4.78, 5) is 25.4. The number of carboxylic acids is 1. The Morgan fingerprint density at radius 3 is 2.85 bits per heavy atom. The molecule has 1 aliphatic heterocycles. The molecule has 138 valence electrons. The average molecular weight is 377 g/mol. The summed E-state index contributed by atoms with van der Waals surface area (Å²) in [6, 6.07) is 7.26. The van der Waals surface area contributed by atoms with Gasteiger partial charge in [0.15, 0.2) is 5.69 Å². The zero-order valence-electron chi connectivity index (χ0n) is 14.6. The highest BCUT2D eigenvalue weighted by molar-refractivity contribution is 6.32. The van der Waals surface area contributed by atoms with Crippen molar-refractivity contribution in [3.05, 3.63) is 40.7 Å². The molecule has 1 aromatic heterocycles. The van der Waals surface area contributed by atoms with Gasteiger partial charge in [-0.15, -0.1) is 5.10 Å². The van der Waals surface area contributed by atoms with Crippen LogP contribution in [0.25, 0.3) is 5.69 Å². The van der Waals surface area contributed by atoms with Crippen LogP contribution in [0.2, 0.25) is 5.02 Å². The van der Waals surface area contributed by atoms with E-state index in [9.17, 15) is 9.59 Å². The molecule has 8 heteroatoms. The Morgan fingerprint density at radius 2 is 2.12 bits per heavy atom. The zero-order valence-corrected chi connectivity index (χ0v) is 15.3. The summed E-state index contributed by atoms with van der Waals surface area (Å²) in [6.07, 6.45) is 2.54. The van der Waals surface area contributed by atoms with Crippen molar-refractivity contribution in [2.24, 2.45) is 5.92 Å². The van der Waals surface area contributed by atoms with Gasteiger partial charge in [0, 0.05) is 19.5 Å². The lowest BCUT2D eigenvalue weighted by Crippen LogP contribution is -2.40. The molecule has 26 heavy (non-hydrogen) atoms. The van der Waals surface area contributed by atoms with Crippen LogP contribution in [0.5, 0.6) is 0 Å². The van der Waals surface area contributed by atoms with Crippen LogP contribution < -0.4 is 0 Å². The molecular formula is C18H21ClN4O3. The Balaban J connectivity index is 1.76. The first-order valence-corrected chi connectivity index (χ1v) is 9.03. The molecule has 1 N–H and O–H groups in total. The van der Waals surface area contributed by atoms with Gasteiger partial charge in [0.25, 0.3) is 5.91 Å². The number of halogens is 1. The van der Waals surface area contributed by atoms with E-state index in [1.165, 1.54) is 0 Å². The van der Waals surface area contributed by atoms with Crippen LogP contribution in [0, 0.1) is 12.8 Å². The zero-order chi connectivity index (χ0) is 18.7. The van der Waals surface area contributed by atoms with Gasteiger partial charge in [-0.2, -0.15) is 0 Å². The number of rotatable bonds is 5. The highest BCUT2D eigenvalue weighted by Gasteiger charge is 2.28. The number of carbonyl (C=O) groups is 2. The van der Waals surface area contributed by atoms with Crippen LogP contribution in [0.15, 0.2) is 24.3 Å². The van der Waals surface area contributed by atoms with Crippen molar-refractivity contribution >= 4 is 23.5 Å². The molecule has 1 unspecified atom stereocenters. The number of hydrogen-bond donors (Lipinski definition) is 1. The first-order valence-electron chi connectivity index (χ1n) is 8.65. The smallest absolute Gasteiger partial charge is 0.303 e. The number of hydrogen-bond acceptors (Lipinski definition) is 4. The maximum absolute atomic E-state index is 12.9. The third-order valence-electron chi connectivity index (χ3n) is 4.75. The summed E-state index contributed by atoms with van der Waals surface area (Å²) in [5.74, 6) is -0.754. The van der Waals surface area contributed by atoms with E-state index in [0.29, 0.717) is 41.6 Å². The van der Waals surface area contributed by atoms with E-state index in [4.69, 9.17) is 16.7 Å². The Labute approximate surface area is 156 Å². The van der Waals surface area contributed by atoms with Crippen molar-refractivity contribution in [1.82, 2.24) is 19.9 Å². The molecule has 2 heterocycles. The first kappa shape index (κ1) is 18.4. The molecule has 1 saturated heterocycles. The molecule has 0 radical (unpaired) electrons. The van der Waals surface area contributed by atoms with Gasteiger partial charge in [-0.1, -0.05) is 28.9 Å². The summed E-state index contributed by atoms with van der Waals surface area (Å²) in [7, 11) is 0. The number of piperidine rings is 1. The van der Waals surface area contributed by atoms with Gasteiger partial charge in [0.05, 0.1) is 16.4 Å². The number of nitrogens with zero attached hydrogens (tertiary/aromatic N) is 4. The minimum atomic E-state index is -0.799. The quantitative estimate of drug-likeness (QED) is 0.866. The van der Waals surface area contributed by atoms with Crippen LogP contribution in [0.4, 0.5) is 0 Å². The second-order valence-electron chi connectivity index (χ2n) is 6.58. The number of benzene rings is 1. The number of amides is 1. The number of aliphatic carboxylic acids is 1. The maximum atomic E-state index is 12.9. The average Bonchev–Trinajstić information content (AvgIpc) is 3.01. The van der Waals surface area contributed by atoms with Crippen molar-refractivity contribution in [3.63, 3.8) is 0 Å². The lowest BCUT2D eigenvalue weighted by molar-refractivity contribution is -0.137. The van der Waals surface area contributed by atoms with E-state index in [2.05, 4.69) is 10.3 Å². The van der Waals surface area contributed by atoms with Crippen LogP contribution in [-0.4, -0.2) is 50.0 Å². The molecule has 1 amide bonds. The second-order valence-corrected chi connectivity index (χ2v) is 6.99. The topological polar surface area (TPSA) is 88.3 Å². The normalized spacial score (nSPS) is 17.3. The molecule has 2 aromatic rings. The van der Waals surface area contributed by atoms with Gasteiger partial charge >= 0.3 is 5.97 Å². The molecule has 1 atom stereocenters. The third-order valence-corrected chi connectivity index (χ3v) is 5.07. The van der Waals surface area contributed by atoms with Crippen molar-refractivity contribution in [2.75, 3.05) is 13.1 Å². The number of carbonyl (C=O) groups excluding carboxylic acids is 1. The molecule has 1 aromatic carbocycles. The Morgan fingerprint density at radius 1 is 1.35 bits per heavy atom. The van der Waals surface area contributed by atoms with Crippen LogP contribution in [0.1, 0.15) is 41.9 Å². The minimum Gasteiger partial charge on any atom is -0.481 e. The largest absolute Gasteiger partial charge is 0.481 e. The van der Waals surface area contributed by atoms with Gasteiger partial charge in [-0.25, -0.2) is 4.68 Å². The molecule has 0 bridgehead atoms. The molecular weight excluding hydrogens is 356 g/mol. The summed E-state index contributed by atoms with van der Waals surface area (Å²) in [6.45, 7) is 3.01. The maximum Gasteiger partial charge on any atom is 0.303 e. The van der Waals surface area contributed by atoms with Gasteiger partial charge in [-0.3, -0.25) is 9.59 Å². The monoisotopic (exact) mass is 376 g/mol. The summed E-state index contributed by atoms with van der Waals surface area (Å²) >= 11 is 6.22. The fourth-order valence-corrected chi connectivity index (χ4v) is 3.56. The highest BCUT2D eigenvalue weighted by atomic mass is 35.5. The number of carboxylic acid groups (broad SMARTS) is 1. The summed E-state index contributed by atoms with van der Waals surface area (Å²) in [5, 5.41) is 17.6. The van der Waals surface area contributed by atoms with Gasteiger partial charge in [0.1, 0.15) is 0 Å². The summed E-state index contributed by atoms with van der Waals surface area (Å²) < 4.78 is 1.57. The highest BCUT2D eigenvalue weighted by Crippen LogP contribution is 2.24. The van der Waals surface area contributed by atoms with Gasteiger partial charge in [-0.05, 0) is 44.2 Å².